The van der Waals surface area contributed by atoms with E-state index in [0.29, 0.717) is 22.3 Å². The number of anilines is 1. The molecule has 5 rings (SSSR count). The van der Waals surface area contributed by atoms with E-state index < -0.39 is 23.5 Å². The van der Waals surface area contributed by atoms with Crippen LogP contribution in [0.25, 0.3) is 16.8 Å². The summed E-state index contributed by atoms with van der Waals surface area (Å²) in [5.41, 5.74) is 2.59. The zero-order valence-corrected chi connectivity index (χ0v) is 21.5. The van der Waals surface area contributed by atoms with E-state index in [1.54, 1.807) is 25.1 Å². The second-order valence-corrected chi connectivity index (χ2v) is 9.16. The van der Waals surface area contributed by atoms with Crippen LogP contribution in [0.3, 0.4) is 0 Å². The zero-order valence-electron chi connectivity index (χ0n) is 20.8. The summed E-state index contributed by atoms with van der Waals surface area (Å²) in [6.45, 7) is 3.97. The Balaban J connectivity index is 1.77. The summed E-state index contributed by atoms with van der Waals surface area (Å²) in [6, 6.07) is 13.5. The SMILES string of the molecule is CCOc1cc(C2/C(=C(\O)c3cc(OC)ccc3Cl)C(=O)C(=O)N2c2nc3ccc(C)cc3[nH]2)ccc1O. The van der Waals surface area contributed by atoms with E-state index in [9.17, 15) is 19.8 Å². The number of phenols is 1. The van der Waals surface area contributed by atoms with Crippen molar-refractivity contribution < 1.29 is 29.3 Å². The maximum Gasteiger partial charge on any atom is 0.302 e. The fourth-order valence-corrected chi connectivity index (χ4v) is 4.73. The predicted molar refractivity (Wildman–Crippen MR) is 143 cm³/mol. The monoisotopic (exact) mass is 533 g/mol. The number of benzene rings is 3. The van der Waals surface area contributed by atoms with E-state index in [-0.39, 0.29) is 40.2 Å². The van der Waals surface area contributed by atoms with Gasteiger partial charge in [-0.25, -0.2) is 4.98 Å². The van der Waals surface area contributed by atoms with Gasteiger partial charge in [0, 0.05) is 5.56 Å². The highest BCUT2D eigenvalue weighted by molar-refractivity contribution is 6.51. The molecule has 0 aliphatic carbocycles. The van der Waals surface area contributed by atoms with E-state index in [0.717, 1.165) is 5.56 Å². The number of Topliss-reactive ketones (excluding diaryl/α,β-unsaturated/α-hetero) is 1. The second kappa shape index (κ2) is 9.75. The lowest BCUT2D eigenvalue weighted by molar-refractivity contribution is -0.132. The Morgan fingerprint density at radius 2 is 1.92 bits per heavy atom. The van der Waals surface area contributed by atoms with Crippen molar-refractivity contribution >= 4 is 46.0 Å². The molecule has 1 aromatic heterocycles. The fourth-order valence-electron chi connectivity index (χ4n) is 4.52. The summed E-state index contributed by atoms with van der Waals surface area (Å²) in [4.78, 5) is 35.9. The van der Waals surface area contributed by atoms with E-state index >= 15 is 0 Å². The highest BCUT2D eigenvalue weighted by Crippen LogP contribution is 2.44. The summed E-state index contributed by atoms with van der Waals surface area (Å²) < 4.78 is 10.8. The van der Waals surface area contributed by atoms with Crippen molar-refractivity contribution in [1.82, 2.24) is 9.97 Å². The first-order valence-corrected chi connectivity index (χ1v) is 12.2. The summed E-state index contributed by atoms with van der Waals surface area (Å²) in [5, 5.41) is 21.9. The Morgan fingerprint density at radius 1 is 1.13 bits per heavy atom. The van der Waals surface area contributed by atoms with Gasteiger partial charge in [0.1, 0.15) is 11.5 Å². The number of halogens is 1. The fraction of sp³-hybridized carbons (Fsp3) is 0.179. The van der Waals surface area contributed by atoms with Crippen molar-refractivity contribution in [2.75, 3.05) is 18.6 Å². The first-order chi connectivity index (χ1) is 18.2. The number of phenolic OH excluding ortho intramolecular Hbond substituents is 1. The maximum absolute atomic E-state index is 13.5. The number of aliphatic hydroxyl groups is 1. The maximum atomic E-state index is 13.5. The molecule has 0 spiro atoms. The molecule has 1 saturated heterocycles. The number of nitrogens with zero attached hydrogens (tertiary/aromatic N) is 2. The molecule has 3 N–H and O–H groups in total. The number of nitrogens with one attached hydrogen (secondary N) is 1. The number of fused-ring (bicyclic) bond motifs is 1. The molecule has 1 unspecified atom stereocenters. The molecular formula is C28H24ClN3O6. The third kappa shape index (κ3) is 4.20. The van der Waals surface area contributed by atoms with Crippen LogP contribution in [0.15, 0.2) is 60.2 Å². The minimum atomic E-state index is -1.11. The largest absolute Gasteiger partial charge is 0.507 e. The average molecular weight is 534 g/mol. The third-order valence-electron chi connectivity index (χ3n) is 6.33. The van der Waals surface area contributed by atoms with Crippen LogP contribution in [0.2, 0.25) is 5.02 Å². The number of ether oxygens (including phenoxy) is 2. The highest BCUT2D eigenvalue weighted by Gasteiger charge is 2.48. The molecule has 1 aliphatic rings. The molecule has 0 radical (unpaired) electrons. The molecule has 1 fully saturated rings. The van der Waals surface area contributed by atoms with Crippen LogP contribution in [0.5, 0.6) is 17.2 Å². The number of imidazole rings is 1. The number of ketones is 1. The minimum absolute atomic E-state index is 0.109. The molecule has 3 aromatic carbocycles. The number of carbonyl (C=O) groups excluding carboxylic acids is 2. The van der Waals surface area contributed by atoms with Gasteiger partial charge in [-0.3, -0.25) is 14.5 Å². The Labute approximate surface area is 222 Å². The number of aromatic amines is 1. The molecule has 4 aromatic rings. The topological polar surface area (TPSA) is 125 Å². The van der Waals surface area contributed by atoms with Gasteiger partial charge in [-0.05, 0) is 67.4 Å². The van der Waals surface area contributed by atoms with Crippen LogP contribution in [0.1, 0.15) is 29.7 Å². The lowest BCUT2D eigenvalue weighted by Crippen LogP contribution is -2.30. The number of aryl methyl sites for hydroxylation is 1. The van der Waals surface area contributed by atoms with Gasteiger partial charge in [-0.2, -0.15) is 0 Å². The van der Waals surface area contributed by atoms with E-state index in [4.69, 9.17) is 21.1 Å². The number of hydrogen-bond acceptors (Lipinski definition) is 7. The molecule has 0 bridgehead atoms. The first-order valence-electron chi connectivity index (χ1n) is 11.8. The smallest absolute Gasteiger partial charge is 0.302 e. The number of hydrogen-bond donors (Lipinski definition) is 3. The van der Waals surface area contributed by atoms with Gasteiger partial charge in [0.2, 0.25) is 5.95 Å². The van der Waals surface area contributed by atoms with Crippen molar-refractivity contribution in [2.24, 2.45) is 0 Å². The number of aliphatic hydroxyl groups excluding tert-OH is 1. The van der Waals surface area contributed by atoms with Crippen LogP contribution in [0.4, 0.5) is 5.95 Å². The van der Waals surface area contributed by atoms with Gasteiger partial charge >= 0.3 is 5.91 Å². The molecule has 1 atom stereocenters. The van der Waals surface area contributed by atoms with Crippen molar-refractivity contribution in [2.45, 2.75) is 19.9 Å². The van der Waals surface area contributed by atoms with Crippen molar-refractivity contribution in [1.29, 1.82) is 0 Å². The summed E-state index contributed by atoms with van der Waals surface area (Å²) in [6.07, 6.45) is 0. The summed E-state index contributed by atoms with van der Waals surface area (Å²) >= 11 is 6.38. The van der Waals surface area contributed by atoms with Crippen LogP contribution in [-0.4, -0.2) is 45.6 Å². The molecule has 10 heteroatoms. The Bertz CT molecular complexity index is 1630. The molecule has 0 saturated carbocycles. The number of carbonyl (C=O) groups is 2. The van der Waals surface area contributed by atoms with E-state index in [2.05, 4.69) is 9.97 Å². The molecular weight excluding hydrogens is 510 g/mol. The lowest BCUT2D eigenvalue weighted by atomic mass is 9.95. The quantitative estimate of drug-likeness (QED) is 0.175. The van der Waals surface area contributed by atoms with Crippen LogP contribution in [-0.2, 0) is 9.59 Å². The molecule has 1 amide bonds. The van der Waals surface area contributed by atoms with Gasteiger partial charge < -0.3 is 24.7 Å². The summed E-state index contributed by atoms with van der Waals surface area (Å²) in [7, 11) is 1.46. The second-order valence-electron chi connectivity index (χ2n) is 8.76. The molecule has 9 nitrogen and oxygen atoms in total. The van der Waals surface area contributed by atoms with Crippen molar-refractivity contribution in [3.05, 3.63) is 81.9 Å². The normalized spacial score (nSPS) is 16.8. The van der Waals surface area contributed by atoms with Gasteiger partial charge in [0.25, 0.3) is 5.78 Å². The van der Waals surface area contributed by atoms with Crippen LogP contribution >= 0.6 is 11.6 Å². The van der Waals surface area contributed by atoms with E-state index in [1.165, 1.54) is 36.3 Å². The standard InChI is InChI=1S/C28H24ClN3O6/c1-4-38-22-12-15(6-10-21(22)33)24-23(25(34)17-13-16(37-3)7-8-18(17)29)26(35)27(36)32(24)28-30-19-9-5-14(2)11-20(19)31-28/h5-13,24,33-34H,4H2,1-3H3,(H,30,31)/b25-23+. The number of methoxy groups -OCH3 is 1. The van der Waals surface area contributed by atoms with Crippen molar-refractivity contribution in [3.8, 4) is 17.2 Å². The number of amides is 1. The van der Waals surface area contributed by atoms with Crippen LogP contribution < -0.4 is 14.4 Å². The van der Waals surface area contributed by atoms with Gasteiger partial charge in [-0.15, -0.1) is 0 Å². The van der Waals surface area contributed by atoms with Crippen molar-refractivity contribution in [3.63, 3.8) is 0 Å². The highest BCUT2D eigenvalue weighted by atomic mass is 35.5. The third-order valence-corrected chi connectivity index (χ3v) is 6.66. The summed E-state index contributed by atoms with van der Waals surface area (Å²) in [5.74, 6) is -1.71. The number of aromatic hydroxyl groups is 1. The van der Waals surface area contributed by atoms with Crippen LogP contribution in [0, 0.1) is 6.92 Å². The van der Waals surface area contributed by atoms with Gasteiger partial charge in [0.05, 0.1) is 41.4 Å². The van der Waals surface area contributed by atoms with E-state index in [1.807, 2.05) is 19.1 Å². The van der Waals surface area contributed by atoms with Gasteiger partial charge in [-0.1, -0.05) is 23.7 Å². The Morgan fingerprint density at radius 3 is 2.66 bits per heavy atom. The lowest BCUT2D eigenvalue weighted by Gasteiger charge is -2.24. The number of rotatable bonds is 6. The Kier molecular flexibility index (Phi) is 6.46. The molecule has 2 heterocycles. The molecule has 1 aliphatic heterocycles. The van der Waals surface area contributed by atoms with Gasteiger partial charge in [0.15, 0.2) is 11.5 Å². The predicted octanol–water partition coefficient (Wildman–Crippen LogP) is 5.26. The first kappa shape index (κ1) is 25.2. The number of aromatic nitrogens is 2. The number of H-pyrrole nitrogens is 1. The minimum Gasteiger partial charge on any atom is -0.507 e. The average Bonchev–Trinajstić information content (AvgIpc) is 3.43. The molecule has 38 heavy (non-hydrogen) atoms. The zero-order chi connectivity index (χ0) is 27.1. The molecule has 194 valence electrons. The Hall–Kier alpha value is -4.50.